The van der Waals surface area contributed by atoms with Gasteiger partial charge in [-0.2, -0.15) is 0 Å². The minimum absolute atomic E-state index is 0.136. The van der Waals surface area contributed by atoms with E-state index < -0.39 is 55.3 Å². The molecule has 0 aromatic heterocycles. The minimum atomic E-state index is -1.85. The highest BCUT2D eigenvalue weighted by Gasteiger charge is 2.50. The second-order valence-electron chi connectivity index (χ2n) is 8.55. The fraction of sp³-hybridized carbons (Fsp3) is 0.714. The fourth-order valence-corrected chi connectivity index (χ4v) is 3.62. The third-order valence-corrected chi connectivity index (χ3v) is 5.71. The molecule has 0 aliphatic carbocycles. The number of hydrogen-bond donors (Lipinski definition) is 6. The molecule has 0 saturated carbocycles. The Labute approximate surface area is 180 Å². The van der Waals surface area contributed by atoms with E-state index in [0.717, 1.165) is 11.1 Å². The molecule has 1 aromatic carbocycles. The molecule has 10 nitrogen and oxygen atoms in total. The zero-order chi connectivity index (χ0) is 22.9. The van der Waals surface area contributed by atoms with E-state index >= 15 is 0 Å². The first-order valence-electron chi connectivity index (χ1n) is 10.3. The number of benzene rings is 1. The molecule has 0 bridgehead atoms. The normalized spacial score (nSPS) is 38.6. The molecule has 1 aromatic rings. The van der Waals surface area contributed by atoms with Crippen LogP contribution in [0.15, 0.2) is 18.2 Å². The highest BCUT2D eigenvalue weighted by Crippen LogP contribution is 2.32. The molecular weight excluding hydrogens is 412 g/mol. The summed E-state index contributed by atoms with van der Waals surface area (Å²) in [7, 11) is 0. The number of aliphatic hydroxyl groups is 6. The lowest BCUT2D eigenvalue weighted by Crippen LogP contribution is -2.60. The summed E-state index contributed by atoms with van der Waals surface area (Å²) in [4.78, 5) is 0. The molecule has 3 rings (SSSR count). The van der Waals surface area contributed by atoms with Gasteiger partial charge in [-0.3, -0.25) is 0 Å². The quantitative estimate of drug-likeness (QED) is 0.300. The molecule has 10 heteroatoms. The van der Waals surface area contributed by atoms with Crippen molar-refractivity contribution < 1.29 is 49.6 Å². The van der Waals surface area contributed by atoms with E-state index in [1.807, 2.05) is 32.9 Å². The Kier molecular flexibility index (Phi) is 7.57. The Morgan fingerprint density at radius 1 is 1.10 bits per heavy atom. The van der Waals surface area contributed by atoms with Crippen LogP contribution in [0.4, 0.5) is 0 Å². The SMILES string of the molecule is Cc1ccc(C(C)C)c(O[C@@H]2O[C@H](CO[C@@H]3OC[C@](O)(CO)[C@H]3O)[C@@H](O)[C@H](O)[C@H]2O)c1. The second-order valence-corrected chi connectivity index (χ2v) is 8.55. The standard InChI is InChI=1S/C21H32O10/c1-10(2)12-5-4-11(3)6-13(12)30-19-17(25)16(24)15(23)14(31-19)7-28-20-18(26)21(27,8-22)9-29-20/h4-6,10,14-20,22-27H,7-9H2,1-3H3/t14-,15-,16+,17-,18+,19-,20-,21-/m1/s1. The Bertz CT molecular complexity index is 743. The van der Waals surface area contributed by atoms with E-state index in [2.05, 4.69) is 0 Å². The van der Waals surface area contributed by atoms with Gasteiger partial charge in [-0.25, -0.2) is 0 Å². The van der Waals surface area contributed by atoms with Gasteiger partial charge in [0.15, 0.2) is 6.29 Å². The predicted octanol–water partition coefficient (Wildman–Crippen LogP) is -1.24. The number of aryl methyl sites for hydroxylation is 1. The maximum atomic E-state index is 10.4. The highest BCUT2D eigenvalue weighted by atomic mass is 16.7. The third kappa shape index (κ3) is 5.03. The van der Waals surface area contributed by atoms with Crippen LogP contribution in [0.2, 0.25) is 0 Å². The lowest BCUT2D eigenvalue weighted by molar-refractivity contribution is -0.289. The van der Waals surface area contributed by atoms with Gasteiger partial charge in [0.2, 0.25) is 6.29 Å². The van der Waals surface area contributed by atoms with Crippen molar-refractivity contribution in [1.29, 1.82) is 0 Å². The first kappa shape index (κ1) is 24.3. The summed E-state index contributed by atoms with van der Waals surface area (Å²) in [5.41, 5.74) is -0.0225. The lowest BCUT2D eigenvalue weighted by atomic mass is 9.98. The summed E-state index contributed by atoms with van der Waals surface area (Å²) in [6.07, 6.45) is -9.75. The molecule has 2 aliphatic rings. The number of ether oxygens (including phenoxy) is 4. The Balaban J connectivity index is 1.69. The summed E-state index contributed by atoms with van der Waals surface area (Å²) in [5, 5.41) is 60.3. The zero-order valence-corrected chi connectivity index (χ0v) is 17.8. The van der Waals surface area contributed by atoms with Crippen LogP contribution in [-0.4, -0.2) is 99.2 Å². The molecule has 0 amide bonds. The van der Waals surface area contributed by atoms with Crippen LogP contribution in [0.3, 0.4) is 0 Å². The van der Waals surface area contributed by atoms with Crippen LogP contribution in [0.1, 0.15) is 30.9 Å². The number of aliphatic hydroxyl groups excluding tert-OH is 5. The van der Waals surface area contributed by atoms with Gasteiger partial charge in [0.05, 0.1) is 19.8 Å². The molecule has 8 atom stereocenters. The number of hydrogen-bond acceptors (Lipinski definition) is 10. The average Bonchev–Trinajstić information content (AvgIpc) is 3.02. The second kappa shape index (κ2) is 9.65. The molecule has 6 N–H and O–H groups in total. The van der Waals surface area contributed by atoms with Crippen molar-refractivity contribution in [2.45, 2.75) is 75.4 Å². The molecule has 2 aliphatic heterocycles. The van der Waals surface area contributed by atoms with Crippen LogP contribution in [-0.2, 0) is 14.2 Å². The fourth-order valence-electron chi connectivity index (χ4n) is 3.62. The maximum Gasteiger partial charge on any atom is 0.229 e. The van der Waals surface area contributed by atoms with E-state index in [0.29, 0.717) is 5.75 Å². The topological polar surface area (TPSA) is 158 Å². The van der Waals surface area contributed by atoms with Crippen molar-refractivity contribution in [3.05, 3.63) is 29.3 Å². The summed E-state index contributed by atoms with van der Waals surface area (Å²) in [6, 6.07) is 5.65. The van der Waals surface area contributed by atoms with E-state index in [1.165, 1.54) is 0 Å². The predicted molar refractivity (Wildman–Crippen MR) is 106 cm³/mol. The molecular formula is C21H32O10. The first-order valence-corrected chi connectivity index (χ1v) is 10.3. The summed E-state index contributed by atoms with van der Waals surface area (Å²) in [6.45, 7) is 4.49. The van der Waals surface area contributed by atoms with Gasteiger partial charge in [0, 0.05) is 0 Å². The first-order chi connectivity index (χ1) is 14.6. The van der Waals surface area contributed by atoms with Crippen LogP contribution < -0.4 is 4.74 Å². The summed E-state index contributed by atoms with van der Waals surface area (Å²) in [5.74, 6) is 0.627. The smallest absolute Gasteiger partial charge is 0.229 e. The van der Waals surface area contributed by atoms with Gasteiger partial charge in [0.1, 0.15) is 41.9 Å². The van der Waals surface area contributed by atoms with Gasteiger partial charge in [-0.15, -0.1) is 0 Å². The van der Waals surface area contributed by atoms with Crippen molar-refractivity contribution in [2.24, 2.45) is 0 Å². The van der Waals surface area contributed by atoms with E-state index in [9.17, 15) is 30.6 Å². The van der Waals surface area contributed by atoms with E-state index in [-0.39, 0.29) is 19.1 Å². The maximum absolute atomic E-state index is 10.4. The largest absolute Gasteiger partial charge is 0.462 e. The van der Waals surface area contributed by atoms with Crippen molar-refractivity contribution in [2.75, 3.05) is 19.8 Å². The molecule has 176 valence electrons. The van der Waals surface area contributed by atoms with Crippen molar-refractivity contribution in [3.8, 4) is 5.75 Å². The molecule has 2 fully saturated rings. The molecule has 0 radical (unpaired) electrons. The molecule has 0 spiro atoms. The van der Waals surface area contributed by atoms with E-state index in [4.69, 9.17) is 18.9 Å². The van der Waals surface area contributed by atoms with Gasteiger partial charge in [0.25, 0.3) is 0 Å². The van der Waals surface area contributed by atoms with Crippen molar-refractivity contribution in [1.82, 2.24) is 0 Å². The van der Waals surface area contributed by atoms with Crippen LogP contribution in [0.25, 0.3) is 0 Å². The summed E-state index contributed by atoms with van der Waals surface area (Å²) < 4.78 is 22.1. The van der Waals surface area contributed by atoms with Crippen molar-refractivity contribution >= 4 is 0 Å². The minimum Gasteiger partial charge on any atom is -0.462 e. The van der Waals surface area contributed by atoms with Crippen LogP contribution in [0, 0.1) is 6.92 Å². The molecule has 2 saturated heterocycles. The lowest BCUT2D eigenvalue weighted by Gasteiger charge is -2.40. The molecule has 2 heterocycles. The van der Waals surface area contributed by atoms with Gasteiger partial charge >= 0.3 is 0 Å². The Morgan fingerprint density at radius 2 is 1.81 bits per heavy atom. The van der Waals surface area contributed by atoms with Crippen LogP contribution >= 0.6 is 0 Å². The van der Waals surface area contributed by atoms with Gasteiger partial charge in [-0.05, 0) is 30.0 Å². The highest BCUT2D eigenvalue weighted by molar-refractivity contribution is 5.39. The molecule has 0 unspecified atom stereocenters. The summed E-state index contributed by atoms with van der Waals surface area (Å²) >= 11 is 0. The monoisotopic (exact) mass is 444 g/mol. The van der Waals surface area contributed by atoms with E-state index in [1.54, 1.807) is 6.07 Å². The average molecular weight is 444 g/mol. The van der Waals surface area contributed by atoms with Crippen molar-refractivity contribution in [3.63, 3.8) is 0 Å². The Morgan fingerprint density at radius 3 is 2.42 bits per heavy atom. The zero-order valence-electron chi connectivity index (χ0n) is 17.8. The number of rotatable bonds is 7. The van der Waals surface area contributed by atoms with Gasteiger partial charge < -0.3 is 49.6 Å². The van der Waals surface area contributed by atoms with Crippen LogP contribution in [0.5, 0.6) is 5.75 Å². The third-order valence-electron chi connectivity index (χ3n) is 5.71. The van der Waals surface area contributed by atoms with Gasteiger partial charge in [-0.1, -0.05) is 26.0 Å². The molecule has 31 heavy (non-hydrogen) atoms. The Hall–Kier alpha value is -1.34.